The quantitative estimate of drug-likeness (QED) is 0.363. The van der Waals surface area contributed by atoms with E-state index in [1.54, 1.807) is 22.3 Å². The predicted molar refractivity (Wildman–Crippen MR) is 163 cm³/mol. The van der Waals surface area contributed by atoms with E-state index in [0.717, 1.165) is 12.8 Å². The van der Waals surface area contributed by atoms with E-state index in [1.807, 2.05) is 13.0 Å². The zero-order chi connectivity index (χ0) is 27.9. The Bertz CT molecular complexity index is 1420. The number of dihydropyridines is 1. The lowest BCUT2D eigenvalue weighted by atomic mass is 9.63. The van der Waals surface area contributed by atoms with Gasteiger partial charge in [0, 0.05) is 29.5 Å². The van der Waals surface area contributed by atoms with Crippen molar-refractivity contribution in [3.8, 4) is 0 Å². The van der Waals surface area contributed by atoms with Crippen molar-refractivity contribution < 1.29 is 4.74 Å². The van der Waals surface area contributed by atoms with Crippen molar-refractivity contribution in [2.45, 2.75) is 85.4 Å². The van der Waals surface area contributed by atoms with Gasteiger partial charge in [-0.1, -0.05) is 70.2 Å². The van der Waals surface area contributed by atoms with Gasteiger partial charge in [0.2, 0.25) is 0 Å². The zero-order valence-electron chi connectivity index (χ0n) is 25.0. The first-order valence-electron chi connectivity index (χ1n) is 15.6. The van der Waals surface area contributed by atoms with Crippen LogP contribution in [-0.4, -0.2) is 23.1 Å². The summed E-state index contributed by atoms with van der Waals surface area (Å²) in [6.45, 7) is 13.8. The fraction of sp³-hybridized carbons (Fsp3) is 0.500. The maximum atomic E-state index is 6.28. The van der Waals surface area contributed by atoms with Crippen LogP contribution in [0.3, 0.4) is 0 Å². The molecule has 0 fully saturated rings. The van der Waals surface area contributed by atoms with E-state index in [9.17, 15) is 0 Å². The molecule has 2 bridgehead atoms. The standard InChI is InChI=1S/C36H45N3O/c1-7-30(37)40-22(6)20(4)34-21(5)24-17-15-23-16-18-29-28-14-10-13-27-25-11-8-9-12-26(25)31(19(2)3)36(32(27)28)39(34)35(24)33(23)38-29/h7,9-10,12-14,16,18-22,25,27,29,34,38H,8,11,15,17,37H2,1-6H3/b30-7+/t20-,21-,22?,25?,27?,29?,34?/m1/s1. The minimum Gasteiger partial charge on any atom is -0.476 e. The molecule has 210 valence electrons. The molecule has 3 aliphatic heterocycles. The lowest BCUT2D eigenvalue weighted by Gasteiger charge is -2.50. The Morgan fingerprint density at radius 2 is 1.95 bits per heavy atom. The first-order chi connectivity index (χ1) is 19.3. The molecular formula is C36H45N3O. The molecule has 0 aromatic carbocycles. The fourth-order valence-electron chi connectivity index (χ4n) is 8.80. The fourth-order valence-corrected chi connectivity index (χ4v) is 8.80. The molecule has 0 amide bonds. The molecule has 7 rings (SSSR count). The third-order valence-electron chi connectivity index (χ3n) is 10.8. The zero-order valence-corrected chi connectivity index (χ0v) is 25.0. The van der Waals surface area contributed by atoms with Crippen LogP contribution in [0.25, 0.3) is 0 Å². The lowest BCUT2D eigenvalue weighted by Crippen LogP contribution is -2.49. The smallest absolute Gasteiger partial charge is 0.179 e. The molecule has 3 heterocycles. The van der Waals surface area contributed by atoms with E-state index in [-0.39, 0.29) is 24.1 Å². The van der Waals surface area contributed by atoms with Gasteiger partial charge in [-0.25, -0.2) is 0 Å². The number of allylic oxidation sites excluding steroid dienone is 10. The second-order valence-corrected chi connectivity index (χ2v) is 13.2. The highest BCUT2D eigenvalue weighted by atomic mass is 16.5. The van der Waals surface area contributed by atoms with Gasteiger partial charge in [0.15, 0.2) is 5.88 Å². The average molecular weight is 536 g/mol. The highest BCUT2D eigenvalue weighted by Gasteiger charge is 2.52. The molecule has 5 unspecified atom stereocenters. The van der Waals surface area contributed by atoms with Crippen LogP contribution in [0.15, 0.2) is 105 Å². The molecular weight excluding hydrogens is 490 g/mol. The highest BCUT2D eigenvalue weighted by Crippen LogP contribution is 2.58. The van der Waals surface area contributed by atoms with E-state index >= 15 is 0 Å². The van der Waals surface area contributed by atoms with Gasteiger partial charge in [-0.3, -0.25) is 0 Å². The predicted octanol–water partition coefficient (Wildman–Crippen LogP) is 7.31. The van der Waals surface area contributed by atoms with Crippen LogP contribution >= 0.6 is 0 Å². The van der Waals surface area contributed by atoms with Gasteiger partial charge in [-0.15, -0.1) is 0 Å². The second kappa shape index (κ2) is 9.46. The van der Waals surface area contributed by atoms with Crippen molar-refractivity contribution in [3.05, 3.63) is 105 Å². The van der Waals surface area contributed by atoms with Crippen LogP contribution < -0.4 is 11.1 Å². The summed E-state index contributed by atoms with van der Waals surface area (Å²) in [5.41, 5.74) is 19.7. The summed E-state index contributed by atoms with van der Waals surface area (Å²) in [5, 5.41) is 4.08. The third-order valence-corrected chi connectivity index (χ3v) is 10.8. The summed E-state index contributed by atoms with van der Waals surface area (Å²) >= 11 is 0. The molecule has 0 aromatic heterocycles. The third kappa shape index (κ3) is 3.57. The Balaban J connectivity index is 1.51. The summed E-state index contributed by atoms with van der Waals surface area (Å²) < 4.78 is 6.28. The Morgan fingerprint density at radius 3 is 2.73 bits per heavy atom. The Kier molecular flexibility index (Phi) is 6.10. The van der Waals surface area contributed by atoms with E-state index in [0.29, 0.717) is 29.6 Å². The number of nitrogens with two attached hydrogens (primary N) is 1. The van der Waals surface area contributed by atoms with Crippen LogP contribution in [0, 0.1) is 29.6 Å². The summed E-state index contributed by atoms with van der Waals surface area (Å²) in [7, 11) is 0. The maximum Gasteiger partial charge on any atom is 0.179 e. The maximum absolute atomic E-state index is 6.28. The van der Waals surface area contributed by atoms with Crippen molar-refractivity contribution >= 4 is 0 Å². The lowest BCUT2D eigenvalue weighted by molar-refractivity contribution is 0.0428. The largest absolute Gasteiger partial charge is 0.476 e. The molecule has 4 aliphatic carbocycles. The Labute approximate surface area is 240 Å². The van der Waals surface area contributed by atoms with Gasteiger partial charge >= 0.3 is 0 Å². The van der Waals surface area contributed by atoms with Crippen LogP contribution in [-0.2, 0) is 4.74 Å². The van der Waals surface area contributed by atoms with Crippen LogP contribution in [0.5, 0.6) is 0 Å². The Hall–Kier alpha value is -3.14. The number of nitrogens with zero attached hydrogens (tertiary/aromatic N) is 1. The van der Waals surface area contributed by atoms with Gasteiger partial charge in [-0.05, 0) is 90.9 Å². The van der Waals surface area contributed by atoms with E-state index in [1.165, 1.54) is 41.1 Å². The molecule has 4 nitrogen and oxygen atoms in total. The van der Waals surface area contributed by atoms with E-state index in [4.69, 9.17) is 10.5 Å². The van der Waals surface area contributed by atoms with Crippen molar-refractivity contribution in [1.82, 2.24) is 10.2 Å². The minimum atomic E-state index is -0.000387. The first-order valence-corrected chi connectivity index (χ1v) is 15.6. The SMILES string of the molecule is C/C=C(\N)OC(C)[C@@H](C)C1[C@H](C)C2=C3C4=C(C=CC(N4)C4=CC=CC5C4=C(C(C(C)C)=C4C=CCCC45)N31)CC2. The summed E-state index contributed by atoms with van der Waals surface area (Å²) in [4.78, 5) is 2.82. The average Bonchev–Trinajstić information content (AvgIpc) is 3.26. The van der Waals surface area contributed by atoms with Crippen LogP contribution in [0.1, 0.15) is 67.2 Å². The van der Waals surface area contributed by atoms with E-state index in [2.05, 4.69) is 87.4 Å². The van der Waals surface area contributed by atoms with Crippen LogP contribution in [0.2, 0.25) is 0 Å². The molecule has 0 radical (unpaired) electrons. The Morgan fingerprint density at radius 1 is 1.12 bits per heavy atom. The van der Waals surface area contributed by atoms with Gasteiger partial charge in [-0.2, -0.15) is 0 Å². The summed E-state index contributed by atoms with van der Waals surface area (Å²) in [6.07, 6.45) is 23.5. The summed E-state index contributed by atoms with van der Waals surface area (Å²) in [6, 6.07) is 0.498. The van der Waals surface area contributed by atoms with Crippen molar-refractivity contribution in [1.29, 1.82) is 0 Å². The van der Waals surface area contributed by atoms with Crippen molar-refractivity contribution in [3.63, 3.8) is 0 Å². The van der Waals surface area contributed by atoms with Crippen molar-refractivity contribution in [2.75, 3.05) is 0 Å². The van der Waals surface area contributed by atoms with E-state index < -0.39 is 0 Å². The molecule has 0 spiro atoms. The molecule has 4 heteroatoms. The second-order valence-electron chi connectivity index (χ2n) is 13.2. The van der Waals surface area contributed by atoms with Gasteiger partial charge < -0.3 is 20.7 Å². The van der Waals surface area contributed by atoms with Crippen molar-refractivity contribution in [2.24, 2.45) is 35.3 Å². The molecule has 0 saturated carbocycles. The minimum absolute atomic E-state index is 0.000387. The molecule has 7 atom stereocenters. The number of hydrogen-bond acceptors (Lipinski definition) is 4. The molecule has 40 heavy (non-hydrogen) atoms. The highest BCUT2D eigenvalue weighted by molar-refractivity contribution is 5.66. The van der Waals surface area contributed by atoms with Gasteiger partial charge in [0.1, 0.15) is 6.10 Å². The summed E-state index contributed by atoms with van der Waals surface area (Å²) in [5.74, 6) is 2.60. The van der Waals surface area contributed by atoms with Gasteiger partial charge in [0.25, 0.3) is 0 Å². The van der Waals surface area contributed by atoms with Gasteiger partial charge in [0.05, 0.1) is 17.4 Å². The number of fused-ring (bicyclic) bond motifs is 5. The molecule has 3 N–H and O–H groups in total. The molecule has 0 aromatic rings. The molecule has 0 saturated heterocycles. The number of hydrogen-bond donors (Lipinski definition) is 2. The number of nitrogens with one attached hydrogen (secondary N) is 1. The topological polar surface area (TPSA) is 50.5 Å². The van der Waals surface area contributed by atoms with Crippen LogP contribution in [0.4, 0.5) is 0 Å². The molecule has 7 aliphatic rings. The number of ether oxygens (including phenoxy) is 1. The normalized spacial score (nSPS) is 33.5. The number of rotatable bonds is 5. The first kappa shape index (κ1) is 25.8. The monoisotopic (exact) mass is 535 g/mol.